The molecule has 17 heavy (non-hydrogen) atoms. The predicted octanol–water partition coefficient (Wildman–Crippen LogP) is 2.50. The summed E-state index contributed by atoms with van der Waals surface area (Å²) in [6.07, 6.45) is 0. The first-order chi connectivity index (χ1) is 7.76. The first-order valence-electron chi connectivity index (χ1n) is 5.05. The largest absolute Gasteiger partial charge is 0.507 e. The van der Waals surface area contributed by atoms with Gasteiger partial charge in [-0.1, -0.05) is 0 Å². The van der Waals surface area contributed by atoms with Crippen molar-refractivity contribution in [3.8, 4) is 11.5 Å². The number of hydrogen-bond acceptors (Lipinski definition) is 4. The number of ether oxygens (including phenoxy) is 2. The van der Waals surface area contributed by atoms with E-state index in [4.69, 9.17) is 9.47 Å². The van der Waals surface area contributed by atoms with Crippen LogP contribution in [-0.4, -0.2) is 23.8 Å². The Morgan fingerprint density at radius 1 is 1.35 bits per heavy atom. The van der Waals surface area contributed by atoms with E-state index in [-0.39, 0.29) is 17.1 Å². The zero-order valence-electron chi connectivity index (χ0n) is 10.2. The first-order valence-corrected chi connectivity index (χ1v) is 5.05. The highest BCUT2D eigenvalue weighted by Crippen LogP contribution is 2.32. The lowest BCUT2D eigenvalue weighted by Gasteiger charge is -2.20. The highest BCUT2D eigenvalue weighted by Gasteiger charge is 2.26. The normalized spacial score (nSPS) is 11.1. The molecule has 0 atom stereocenters. The van der Waals surface area contributed by atoms with Crippen molar-refractivity contribution < 1.29 is 23.8 Å². The number of benzene rings is 1. The lowest BCUT2D eigenvalue weighted by atomic mass is 10.1. The van der Waals surface area contributed by atoms with Crippen molar-refractivity contribution in [2.45, 2.75) is 26.4 Å². The van der Waals surface area contributed by atoms with Gasteiger partial charge in [0.05, 0.1) is 7.11 Å². The number of esters is 1. The van der Waals surface area contributed by atoms with Crippen molar-refractivity contribution in [3.05, 3.63) is 23.5 Å². The third-order valence-electron chi connectivity index (χ3n) is 1.89. The summed E-state index contributed by atoms with van der Waals surface area (Å²) in [5.41, 5.74) is -1.04. The number of carbonyl (C=O) groups is 1. The third kappa shape index (κ3) is 3.09. The Hall–Kier alpha value is -1.78. The topological polar surface area (TPSA) is 55.8 Å². The smallest absolute Gasteiger partial charge is 0.346 e. The van der Waals surface area contributed by atoms with Gasteiger partial charge >= 0.3 is 5.97 Å². The van der Waals surface area contributed by atoms with E-state index in [1.165, 1.54) is 7.11 Å². The van der Waals surface area contributed by atoms with Gasteiger partial charge in [-0.3, -0.25) is 0 Å². The van der Waals surface area contributed by atoms with Gasteiger partial charge in [0.25, 0.3) is 0 Å². The molecule has 0 radical (unpaired) electrons. The summed E-state index contributed by atoms with van der Waals surface area (Å²) < 4.78 is 23.2. The minimum atomic E-state index is -0.827. The Kier molecular flexibility index (Phi) is 3.60. The summed E-state index contributed by atoms with van der Waals surface area (Å²) in [6.45, 7) is 5.02. The second kappa shape index (κ2) is 4.61. The number of hydrogen-bond donors (Lipinski definition) is 1. The van der Waals surface area contributed by atoms with Crippen molar-refractivity contribution in [3.63, 3.8) is 0 Å². The summed E-state index contributed by atoms with van der Waals surface area (Å²) >= 11 is 0. The molecule has 0 unspecified atom stereocenters. The molecule has 5 heteroatoms. The molecule has 94 valence electrons. The van der Waals surface area contributed by atoms with Crippen molar-refractivity contribution in [2.75, 3.05) is 7.11 Å². The van der Waals surface area contributed by atoms with Crippen LogP contribution < -0.4 is 4.74 Å². The van der Waals surface area contributed by atoms with E-state index in [1.54, 1.807) is 20.8 Å². The van der Waals surface area contributed by atoms with Gasteiger partial charge in [0.1, 0.15) is 16.9 Å². The molecule has 0 aliphatic heterocycles. The Morgan fingerprint density at radius 2 is 1.94 bits per heavy atom. The Morgan fingerprint density at radius 3 is 2.41 bits per heavy atom. The van der Waals surface area contributed by atoms with Crippen LogP contribution in [-0.2, 0) is 4.74 Å². The molecule has 0 saturated heterocycles. The maximum atomic E-state index is 13.4. The number of phenolic OH excluding ortho intramolecular Hbond substituents is 1. The van der Waals surface area contributed by atoms with Crippen molar-refractivity contribution in [1.29, 1.82) is 0 Å². The van der Waals surface area contributed by atoms with Crippen LogP contribution in [0.2, 0.25) is 0 Å². The van der Waals surface area contributed by atoms with Crippen LogP contribution in [0.25, 0.3) is 0 Å². The molecular formula is C12H15FO4. The molecule has 0 aromatic heterocycles. The average Bonchev–Trinajstić information content (AvgIpc) is 2.18. The van der Waals surface area contributed by atoms with Gasteiger partial charge in [0.15, 0.2) is 11.6 Å². The molecule has 0 aliphatic carbocycles. The third-order valence-corrected chi connectivity index (χ3v) is 1.89. The van der Waals surface area contributed by atoms with E-state index in [1.807, 2.05) is 0 Å². The SMILES string of the molecule is COc1c(F)ccc(O)c1C(=O)OC(C)(C)C. The quantitative estimate of drug-likeness (QED) is 0.809. The van der Waals surface area contributed by atoms with Crippen molar-refractivity contribution in [1.82, 2.24) is 0 Å². The molecule has 0 bridgehead atoms. The molecule has 1 aromatic rings. The Labute approximate surface area is 99.0 Å². The minimum absolute atomic E-state index is 0.303. The van der Waals surface area contributed by atoms with Gasteiger partial charge in [-0.25, -0.2) is 9.18 Å². The van der Waals surface area contributed by atoms with Gasteiger partial charge in [-0.2, -0.15) is 0 Å². The minimum Gasteiger partial charge on any atom is -0.507 e. The standard InChI is InChI=1S/C12H15FO4/c1-12(2,3)17-11(15)9-8(14)6-5-7(13)10(9)16-4/h5-6,14H,1-4H3. The summed E-state index contributed by atoms with van der Waals surface area (Å²) in [5, 5.41) is 9.57. The van der Waals surface area contributed by atoms with Gasteiger partial charge in [0.2, 0.25) is 0 Å². The predicted molar refractivity (Wildman–Crippen MR) is 59.8 cm³/mol. The van der Waals surface area contributed by atoms with E-state index < -0.39 is 17.4 Å². The van der Waals surface area contributed by atoms with Crippen molar-refractivity contribution >= 4 is 5.97 Å². The molecule has 1 rings (SSSR count). The number of phenols is 1. The van der Waals surface area contributed by atoms with Crippen LogP contribution in [0.1, 0.15) is 31.1 Å². The molecule has 1 N–H and O–H groups in total. The van der Waals surface area contributed by atoms with Crippen LogP contribution in [0.15, 0.2) is 12.1 Å². The fraction of sp³-hybridized carbons (Fsp3) is 0.417. The molecule has 0 aliphatic rings. The van der Waals surface area contributed by atoms with E-state index in [2.05, 4.69) is 0 Å². The van der Waals surface area contributed by atoms with E-state index >= 15 is 0 Å². The van der Waals surface area contributed by atoms with Crippen LogP contribution in [0.5, 0.6) is 11.5 Å². The second-order valence-corrected chi connectivity index (χ2v) is 4.48. The Balaban J connectivity index is 3.21. The number of halogens is 1. The molecule has 0 saturated carbocycles. The molecule has 0 amide bonds. The van der Waals surface area contributed by atoms with Gasteiger partial charge in [-0.15, -0.1) is 0 Å². The number of rotatable bonds is 2. The van der Waals surface area contributed by atoms with E-state index in [0.717, 1.165) is 12.1 Å². The summed E-state index contributed by atoms with van der Waals surface area (Å²) in [4.78, 5) is 11.8. The lowest BCUT2D eigenvalue weighted by molar-refractivity contribution is 0.00628. The maximum absolute atomic E-state index is 13.4. The fourth-order valence-corrected chi connectivity index (χ4v) is 1.27. The maximum Gasteiger partial charge on any atom is 0.346 e. The van der Waals surface area contributed by atoms with Crippen LogP contribution in [0.3, 0.4) is 0 Å². The summed E-state index contributed by atoms with van der Waals surface area (Å²) in [5.74, 6) is -2.26. The molecule has 4 nitrogen and oxygen atoms in total. The highest BCUT2D eigenvalue weighted by molar-refractivity contribution is 5.95. The fourth-order valence-electron chi connectivity index (χ4n) is 1.27. The van der Waals surface area contributed by atoms with Gasteiger partial charge < -0.3 is 14.6 Å². The molecule has 0 heterocycles. The van der Waals surface area contributed by atoms with E-state index in [0.29, 0.717) is 0 Å². The summed E-state index contributed by atoms with van der Waals surface area (Å²) in [6, 6.07) is 2.10. The van der Waals surface area contributed by atoms with Crippen LogP contribution >= 0.6 is 0 Å². The Bertz CT molecular complexity index is 435. The zero-order valence-corrected chi connectivity index (χ0v) is 10.2. The monoisotopic (exact) mass is 242 g/mol. The number of aromatic hydroxyl groups is 1. The molecule has 0 spiro atoms. The molecule has 1 aromatic carbocycles. The molecule has 0 fully saturated rings. The summed E-state index contributed by atoms with van der Waals surface area (Å²) in [7, 11) is 1.21. The van der Waals surface area contributed by atoms with Crippen molar-refractivity contribution in [2.24, 2.45) is 0 Å². The van der Waals surface area contributed by atoms with Gasteiger partial charge in [-0.05, 0) is 32.9 Å². The van der Waals surface area contributed by atoms with E-state index in [9.17, 15) is 14.3 Å². The molecular weight excluding hydrogens is 227 g/mol. The zero-order chi connectivity index (χ0) is 13.2. The van der Waals surface area contributed by atoms with Gasteiger partial charge in [0, 0.05) is 0 Å². The highest BCUT2D eigenvalue weighted by atomic mass is 19.1. The van der Waals surface area contributed by atoms with Crippen LogP contribution in [0, 0.1) is 5.82 Å². The van der Waals surface area contributed by atoms with Crippen LogP contribution in [0.4, 0.5) is 4.39 Å². The number of methoxy groups -OCH3 is 1. The number of carbonyl (C=O) groups excluding carboxylic acids is 1. The lowest BCUT2D eigenvalue weighted by Crippen LogP contribution is -2.24. The first kappa shape index (κ1) is 13.3. The average molecular weight is 242 g/mol. The second-order valence-electron chi connectivity index (χ2n) is 4.48.